The number of fused-ring (bicyclic) bond motifs is 1. The van der Waals surface area contributed by atoms with Gasteiger partial charge in [0, 0.05) is 30.4 Å². The van der Waals surface area contributed by atoms with Crippen LogP contribution < -0.4 is 10.1 Å². The number of ether oxygens (including phenoxy) is 1. The van der Waals surface area contributed by atoms with Crippen molar-refractivity contribution in [1.82, 2.24) is 24.3 Å². The van der Waals surface area contributed by atoms with Crippen LogP contribution in [0, 0.1) is 12.7 Å². The van der Waals surface area contributed by atoms with E-state index in [-0.39, 0.29) is 11.7 Å². The van der Waals surface area contributed by atoms with E-state index in [9.17, 15) is 4.39 Å². The van der Waals surface area contributed by atoms with Gasteiger partial charge in [-0.1, -0.05) is 12.1 Å². The highest BCUT2D eigenvalue weighted by molar-refractivity contribution is 5.62. The molecule has 7 nitrogen and oxygen atoms in total. The average Bonchev–Trinajstić information content (AvgIpc) is 3.39. The zero-order valence-electron chi connectivity index (χ0n) is 17.4. The predicted molar refractivity (Wildman–Crippen MR) is 116 cm³/mol. The highest BCUT2D eigenvalue weighted by Crippen LogP contribution is 2.34. The van der Waals surface area contributed by atoms with E-state index in [2.05, 4.69) is 15.4 Å². The smallest absolute Gasteiger partial charge is 0.246 e. The van der Waals surface area contributed by atoms with Crippen LogP contribution >= 0.6 is 0 Å². The number of hydrogen-bond donors (Lipinski definition) is 1. The Bertz CT molecular complexity index is 1210. The Morgan fingerprint density at radius 1 is 1.16 bits per heavy atom. The van der Waals surface area contributed by atoms with Crippen LogP contribution in [-0.2, 0) is 6.54 Å². The van der Waals surface area contributed by atoms with Crippen molar-refractivity contribution in [3.05, 3.63) is 77.9 Å². The van der Waals surface area contributed by atoms with Crippen molar-refractivity contribution in [1.29, 1.82) is 0 Å². The van der Waals surface area contributed by atoms with Crippen molar-refractivity contribution in [2.24, 2.45) is 0 Å². The molecule has 1 atom stereocenters. The third kappa shape index (κ3) is 3.76. The number of rotatable bonds is 5. The molecule has 0 bridgehead atoms. The molecule has 0 spiro atoms. The zero-order valence-corrected chi connectivity index (χ0v) is 17.4. The van der Waals surface area contributed by atoms with Gasteiger partial charge in [0.1, 0.15) is 17.4 Å². The van der Waals surface area contributed by atoms with Crippen molar-refractivity contribution in [2.75, 3.05) is 12.4 Å². The molecule has 1 N–H and O–H groups in total. The molecular weight excluding hydrogens is 395 g/mol. The molecule has 4 aromatic rings. The van der Waals surface area contributed by atoms with Crippen LogP contribution in [-0.4, -0.2) is 31.4 Å². The van der Waals surface area contributed by atoms with E-state index in [1.807, 2.05) is 52.7 Å². The van der Waals surface area contributed by atoms with Crippen molar-refractivity contribution in [2.45, 2.75) is 32.2 Å². The monoisotopic (exact) mass is 418 g/mol. The summed E-state index contributed by atoms with van der Waals surface area (Å²) in [5, 5.41) is 7.94. The molecule has 158 valence electrons. The molecule has 0 radical (unpaired) electrons. The summed E-state index contributed by atoms with van der Waals surface area (Å²) in [6.07, 6.45) is 5.69. The van der Waals surface area contributed by atoms with Crippen LogP contribution in [0.2, 0.25) is 0 Å². The molecule has 0 fully saturated rings. The summed E-state index contributed by atoms with van der Waals surface area (Å²) in [5.41, 5.74) is 3.73. The van der Waals surface area contributed by atoms with Gasteiger partial charge in [-0.2, -0.15) is 4.98 Å². The Balaban J connectivity index is 1.42. The lowest BCUT2D eigenvalue weighted by Crippen LogP contribution is -2.17. The van der Waals surface area contributed by atoms with Crippen LogP contribution in [0.1, 0.15) is 35.8 Å². The minimum atomic E-state index is -0.230. The fourth-order valence-corrected chi connectivity index (χ4v) is 4.07. The maximum Gasteiger partial charge on any atom is 0.246 e. The largest absolute Gasteiger partial charge is 0.494 e. The second-order valence-electron chi connectivity index (χ2n) is 7.70. The number of halogens is 1. The van der Waals surface area contributed by atoms with Crippen LogP contribution in [0.3, 0.4) is 0 Å². The molecule has 8 heteroatoms. The highest BCUT2D eigenvalue weighted by Gasteiger charge is 2.26. The van der Waals surface area contributed by atoms with Crippen molar-refractivity contribution in [3.63, 3.8) is 0 Å². The Morgan fingerprint density at radius 3 is 2.74 bits per heavy atom. The summed E-state index contributed by atoms with van der Waals surface area (Å²) in [4.78, 5) is 9.04. The number of imidazole rings is 1. The number of nitrogens with one attached hydrogen (secondary N) is 1. The lowest BCUT2D eigenvalue weighted by molar-refractivity contribution is 0.413. The molecule has 2 aromatic carbocycles. The molecule has 1 aliphatic rings. The zero-order chi connectivity index (χ0) is 21.4. The topological polar surface area (TPSA) is 69.8 Å². The third-order valence-electron chi connectivity index (χ3n) is 5.57. The van der Waals surface area contributed by atoms with E-state index in [1.54, 1.807) is 13.4 Å². The molecule has 0 amide bonds. The fraction of sp³-hybridized carbons (Fsp3) is 0.261. The molecule has 0 aliphatic carbocycles. The molecule has 0 saturated heterocycles. The number of methoxy groups -OCH3 is 1. The summed E-state index contributed by atoms with van der Waals surface area (Å²) in [6.45, 7) is 2.77. The minimum absolute atomic E-state index is 0.110. The molecule has 0 saturated carbocycles. The quantitative estimate of drug-likeness (QED) is 0.513. The number of aryl methyl sites for hydroxylation is 2. The molecular formula is C23H23FN6O. The maximum absolute atomic E-state index is 13.3. The Labute approximate surface area is 179 Å². The van der Waals surface area contributed by atoms with E-state index < -0.39 is 0 Å². The van der Waals surface area contributed by atoms with E-state index in [0.717, 1.165) is 53.6 Å². The van der Waals surface area contributed by atoms with Gasteiger partial charge in [0.2, 0.25) is 5.95 Å². The summed E-state index contributed by atoms with van der Waals surface area (Å²) >= 11 is 0. The number of aromatic nitrogens is 5. The van der Waals surface area contributed by atoms with Crippen LogP contribution in [0.25, 0.3) is 5.69 Å². The Hall–Kier alpha value is -3.68. The van der Waals surface area contributed by atoms with Gasteiger partial charge in [-0.3, -0.25) is 0 Å². The third-order valence-corrected chi connectivity index (χ3v) is 5.57. The second kappa shape index (κ2) is 7.86. The van der Waals surface area contributed by atoms with E-state index in [0.29, 0.717) is 5.95 Å². The van der Waals surface area contributed by atoms with Gasteiger partial charge >= 0.3 is 0 Å². The molecule has 1 unspecified atom stereocenters. The standard InChI is InChI=1S/C23H23FN6O/c1-15-13-29(14-25-15)20-10-9-18(12-21(20)31-2)26-23-27-22-19(4-3-11-30(22)28-23)16-5-7-17(24)8-6-16/h5-10,12-14,19H,3-4,11H2,1-2H3,(H,26,28). The minimum Gasteiger partial charge on any atom is -0.494 e. The molecule has 31 heavy (non-hydrogen) atoms. The molecule has 5 rings (SSSR count). The Morgan fingerprint density at radius 2 is 2.00 bits per heavy atom. The molecule has 2 aromatic heterocycles. The van der Waals surface area contributed by atoms with E-state index >= 15 is 0 Å². The summed E-state index contributed by atoms with van der Waals surface area (Å²) in [6, 6.07) is 12.5. The van der Waals surface area contributed by atoms with Gasteiger partial charge < -0.3 is 14.6 Å². The summed E-state index contributed by atoms with van der Waals surface area (Å²) < 4.78 is 22.8. The van der Waals surface area contributed by atoms with Crippen molar-refractivity contribution in [3.8, 4) is 11.4 Å². The van der Waals surface area contributed by atoms with Gasteiger partial charge in [-0.15, -0.1) is 5.10 Å². The number of nitrogens with zero attached hydrogens (tertiary/aromatic N) is 5. The van der Waals surface area contributed by atoms with Gasteiger partial charge in [-0.05, 0) is 49.6 Å². The number of anilines is 2. The lowest BCUT2D eigenvalue weighted by Gasteiger charge is -2.22. The molecule has 1 aliphatic heterocycles. The predicted octanol–water partition coefficient (Wildman–Crippen LogP) is 4.59. The number of benzene rings is 2. The Kier molecular flexibility index (Phi) is 4.89. The summed E-state index contributed by atoms with van der Waals surface area (Å²) in [5.74, 6) is 2.04. The van der Waals surface area contributed by atoms with Gasteiger partial charge in [0.05, 0.1) is 24.8 Å². The van der Waals surface area contributed by atoms with E-state index in [1.165, 1.54) is 12.1 Å². The van der Waals surface area contributed by atoms with Gasteiger partial charge in [-0.25, -0.2) is 14.1 Å². The van der Waals surface area contributed by atoms with Crippen LogP contribution in [0.5, 0.6) is 5.75 Å². The van der Waals surface area contributed by atoms with Crippen LogP contribution in [0.15, 0.2) is 55.0 Å². The molecule has 3 heterocycles. The average molecular weight is 418 g/mol. The first-order valence-corrected chi connectivity index (χ1v) is 10.3. The maximum atomic E-state index is 13.3. The van der Waals surface area contributed by atoms with Gasteiger partial charge in [0.25, 0.3) is 0 Å². The van der Waals surface area contributed by atoms with Gasteiger partial charge in [0.15, 0.2) is 0 Å². The van der Waals surface area contributed by atoms with Crippen molar-refractivity contribution < 1.29 is 9.13 Å². The normalized spacial score (nSPS) is 15.5. The first-order valence-electron chi connectivity index (χ1n) is 10.3. The summed E-state index contributed by atoms with van der Waals surface area (Å²) in [7, 11) is 1.65. The van der Waals surface area contributed by atoms with Crippen molar-refractivity contribution >= 4 is 11.6 Å². The van der Waals surface area contributed by atoms with Crippen LogP contribution in [0.4, 0.5) is 16.0 Å². The highest BCUT2D eigenvalue weighted by atomic mass is 19.1. The lowest BCUT2D eigenvalue weighted by atomic mass is 9.91. The number of hydrogen-bond acceptors (Lipinski definition) is 5. The fourth-order valence-electron chi connectivity index (χ4n) is 4.07. The second-order valence-corrected chi connectivity index (χ2v) is 7.70. The van der Waals surface area contributed by atoms with E-state index in [4.69, 9.17) is 9.72 Å². The first kappa shape index (κ1) is 19.3. The SMILES string of the molecule is COc1cc(Nc2nc3n(n2)CCCC3c2ccc(F)cc2)ccc1-n1cnc(C)c1. The first-order chi connectivity index (χ1) is 15.1.